The number of benzene rings is 4. The van der Waals surface area contributed by atoms with Gasteiger partial charge in [-0.2, -0.15) is 4.57 Å². The molecule has 0 spiro atoms. The summed E-state index contributed by atoms with van der Waals surface area (Å²) in [4.78, 5) is 3.93. The lowest BCUT2D eigenvalue weighted by Crippen LogP contribution is -2.35. The first-order valence-electron chi connectivity index (χ1n) is 13.9. The zero-order chi connectivity index (χ0) is 26.1. The van der Waals surface area contributed by atoms with Crippen molar-refractivity contribution in [3.8, 4) is 0 Å². The maximum atomic E-state index is 2.54. The topological polar surface area (TPSA) is 7.12 Å². The highest BCUT2D eigenvalue weighted by Gasteiger charge is 2.27. The maximum absolute atomic E-state index is 2.54. The molecule has 0 radical (unpaired) electrons. The van der Waals surface area contributed by atoms with Crippen LogP contribution < -0.4 is 9.47 Å². The Labute approximate surface area is 234 Å². The number of unbranched alkanes of at least 4 members (excludes halogenated alkanes) is 2. The normalized spacial score (nSPS) is 14.9. The van der Waals surface area contributed by atoms with Crippen LogP contribution in [-0.4, -0.2) is 6.54 Å². The Hall–Kier alpha value is -3.08. The fourth-order valence-corrected chi connectivity index (χ4v) is 8.06. The van der Waals surface area contributed by atoms with E-state index in [9.17, 15) is 0 Å². The molecule has 0 saturated carbocycles. The predicted molar refractivity (Wildman–Crippen MR) is 168 cm³/mol. The summed E-state index contributed by atoms with van der Waals surface area (Å²) in [5, 5.41) is 8.02. The number of aromatic nitrogens is 1. The maximum Gasteiger partial charge on any atom is 0.263 e. The first kappa shape index (κ1) is 25.2. The third kappa shape index (κ3) is 4.65. The van der Waals surface area contributed by atoms with Crippen molar-refractivity contribution in [3.05, 3.63) is 94.5 Å². The molecule has 0 bridgehead atoms. The van der Waals surface area contributed by atoms with Gasteiger partial charge in [0.1, 0.15) is 4.70 Å². The number of thiazole rings is 1. The van der Waals surface area contributed by atoms with Gasteiger partial charge >= 0.3 is 0 Å². The molecule has 1 aliphatic rings. The van der Waals surface area contributed by atoms with Crippen LogP contribution >= 0.6 is 23.1 Å². The fourth-order valence-electron chi connectivity index (χ4n) is 5.40. The minimum Gasteiger partial charge on any atom is -0.335 e. The summed E-state index contributed by atoms with van der Waals surface area (Å²) in [5.74, 6) is 0. The van der Waals surface area contributed by atoms with Crippen molar-refractivity contribution in [2.75, 3.05) is 11.4 Å². The number of hydrogen-bond donors (Lipinski definition) is 0. The molecule has 1 aromatic heterocycles. The fraction of sp³-hybridized carbons (Fsp3) is 0.265. The van der Waals surface area contributed by atoms with E-state index in [1.54, 1.807) is 0 Å². The van der Waals surface area contributed by atoms with Crippen LogP contribution in [0.3, 0.4) is 0 Å². The van der Waals surface area contributed by atoms with Crippen LogP contribution in [0.25, 0.3) is 37.8 Å². The summed E-state index contributed by atoms with van der Waals surface area (Å²) in [5.41, 5.74) is 4.01. The summed E-state index contributed by atoms with van der Waals surface area (Å²) in [7, 11) is 0. The van der Waals surface area contributed by atoms with Gasteiger partial charge in [0, 0.05) is 35.4 Å². The molecule has 2 nitrogen and oxygen atoms in total. The van der Waals surface area contributed by atoms with E-state index in [0.29, 0.717) is 0 Å². The number of allylic oxidation sites excluding steroid dienone is 2. The molecule has 0 aliphatic carbocycles. The van der Waals surface area contributed by atoms with E-state index in [1.807, 2.05) is 23.1 Å². The van der Waals surface area contributed by atoms with E-state index in [4.69, 9.17) is 0 Å². The first-order valence-corrected chi connectivity index (χ1v) is 15.5. The van der Waals surface area contributed by atoms with Crippen LogP contribution in [0, 0.1) is 0 Å². The Bertz CT molecular complexity index is 1690. The number of thioether (sulfide) groups is 1. The molecule has 6 rings (SSSR count). The van der Waals surface area contributed by atoms with Gasteiger partial charge in [0.15, 0.2) is 6.54 Å². The van der Waals surface area contributed by atoms with Gasteiger partial charge in [-0.15, -0.1) is 0 Å². The van der Waals surface area contributed by atoms with Crippen molar-refractivity contribution >= 4 is 66.6 Å². The summed E-state index contributed by atoms with van der Waals surface area (Å²) >= 11 is 3.86. The zero-order valence-corrected chi connectivity index (χ0v) is 24.2. The summed E-state index contributed by atoms with van der Waals surface area (Å²) < 4.78 is 3.93. The van der Waals surface area contributed by atoms with Crippen molar-refractivity contribution in [3.63, 3.8) is 0 Å². The van der Waals surface area contributed by atoms with Crippen LogP contribution in [0.2, 0.25) is 0 Å². The van der Waals surface area contributed by atoms with Gasteiger partial charge in [-0.1, -0.05) is 104 Å². The van der Waals surface area contributed by atoms with Gasteiger partial charge < -0.3 is 4.90 Å². The highest BCUT2D eigenvalue weighted by Crippen LogP contribution is 2.49. The Morgan fingerprint density at radius 1 is 0.842 bits per heavy atom. The van der Waals surface area contributed by atoms with Crippen LogP contribution in [0.4, 0.5) is 5.69 Å². The second-order valence-electron chi connectivity index (χ2n) is 10.2. The Kier molecular flexibility index (Phi) is 7.27. The standard InChI is InChI=1S/C34H35N2S2/c1-4-6-20-35-29-18-16-25-12-8-10-14-27(25)33(29)37-31(35)22-24(3)23-32-36(21-7-5-2)30-19-17-26-13-9-11-15-28(26)34(30)38-32/h8-19,22-23H,4-7,20-21H2,1-3H3/q+1. The number of hydrogen-bond acceptors (Lipinski definition) is 3. The molecule has 0 atom stereocenters. The van der Waals surface area contributed by atoms with E-state index in [0.717, 1.165) is 13.1 Å². The average Bonchev–Trinajstić information content (AvgIpc) is 3.47. The molecule has 0 fully saturated rings. The molecule has 0 saturated heterocycles. The van der Waals surface area contributed by atoms with Crippen molar-refractivity contribution < 1.29 is 4.57 Å². The van der Waals surface area contributed by atoms with Gasteiger partial charge in [0.2, 0.25) is 5.52 Å². The summed E-state index contributed by atoms with van der Waals surface area (Å²) in [6.07, 6.45) is 9.57. The molecule has 4 heteroatoms. The molecule has 0 unspecified atom stereocenters. The van der Waals surface area contributed by atoms with Gasteiger partial charge in [0.05, 0.1) is 10.7 Å². The lowest BCUT2D eigenvalue weighted by molar-refractivity contribution is -0.669. The number of nitrogens with zero attached hydrogens (tertiary/aromatic N) is 2. The Morgan fingerprint density at radius 2 is 1.55 bits per heavy atom. The minimum atomic E-state index is 1.05. The SMILES string of the molecule is CCCCN1C(=CC(C)=Cc2sc3c4ccccc4ccc3[n+]2CCCC)Sc2c1ccc1ccccc21. The monoisotopic (exact) mass is 535 g/mol. The smallest absolute Gasteiger partial charge is 0.263 e. The quantitative estimate of drug-likeness (QED) is 0.183. The number of anilines is 1. The molecule has 1 aliphatic heterocycles. The van der Waals surface area contributed by atoms with Crippen molar-refractivity contribution in [1.82, 2.24) is 0 Å². The van der Waals surface area contributed by atoms with Crippen LogP contribution in [0.1, 0.15) is 51.5 Å². The summed E-state index contributed by atoms with van der Waals surface area (Å²) in [6, 6.07) is 26.7. The lowest BCUT2D eigenvalue weighted by atomic mass is 10.1. The van der Waals surface area contributed by atoms with E-state index >= 15 is 0 Å². The van der Waals surface area contributed by atoms with E-state index in [2.05, 4.69) is 115 Å². The predicted octanol–water partition coefficient (Wildman–Crippen LogP) is 9.95. The second kappa shape index (κ2) is 11.0. The van der Waals surface area contributed by atoms with E-state index < -0.39 is 0 Å². The van der Waals surface area contributed by atoms with Crippen LogP contribution in [0.5, 0.6) is 0 Å². The highest BCUT2D eigenvalue weighted by molar-refractivity contribution is 8.04. The average molecular weight is 536 g/mol. The molecule has 5 aromatic rings. The molecular weight excluding hydrogens is 501 g/mol. The number of rotatable bonds is 8. The van der Waals surface area contributed by atoms with Crippen LogP contribution in [0.15, 0.2) is 94.4 Å². The molecule has 0 amide bonds. The van der Waals surface area contributed by atoms with E-state index in [-0.39, 0.29) is 0 Å². The van der Waals surface area contributed by atoms with Crippen molar-refractivity contribution in [1.29, 1.82) is 0 Å². The second-order valence-corrected chi connectivity index (χ2v) is 12.3. The van der Waals surface area contributed by atoms with Crippen molar-refractivity contribution in [2.45, 2.75) is 57.9 Å². The molecular formula is C34H35N2S2+. The first-order chi connectivity index (χ1) is 18.7. The molecule has 2 heterocycles. The lowest BCUT2D eigenvalue weighted by Gasteiger charge is -2.20. The Morgan fingerprint density at radius 3 is 2.34 bits per heavy atom. The van der Waals surface area contributed by atoms with Gasteiger partial charge in [0.25, 0.3) is 5.01 Å². The minimum absolute atomic E-state index is 1.05. The van der Waals surface area contributed by atoms with Gasteiger partial charge in [-0.3, -0.25) is 0 Å². The van der Waals surface area contributed by atoms with E-state index in [1.165, 1.54) is 83.6 Å². The zero-order valence-electron chi connectivity index (χ0n) is 22.5. The molecule has 192 valence electrons. The van der Waals surface area contributed by atoms with Gasteiger partial charge in [-0.05, 0) is 53.3 Å². The molecule has 4 aromatic carbocycles. The highest BCUT2D eigenvalue weighted by atomic mass is 32.2. The third-order valence-corrected chi connectivity index (χ3v) is 9.78. The molecule has 38 heavy (non-hydrogen) atoms. The van der Waals surface area contributed by atoms with Crippen molar-refractivity contribution in [2.24, 2.45) is 0 Å². The third-order valence-electron chi connectivity index (χ3n) is 7.42. The number of aryl methyl sites for hydroxylation is 1. The van der Waals surface area contributed by atoms with Crippen LogP contribution in [-0.2, 0) is 6.54 Å². The number of fused-ring (bicyclic) bond motifs is 6. The largest absolute Gasteiger partial charge is 0.335 e. The molecule has 0 N–H and O–H groups in total. The summed E-state index contributed by atoms with van der Waals surface area (Å²) in [6.45, 7) is 8.93. The van der Waals surface area contributed by atoms with Gasteiger partial charge in [-0.25, -0.2) is 0 Å². The Balaban J connectivity index is 1.43.